The van der Waals surface area contributed by atoms with E-state index in [0.29, 0.717) is 26.8 Å². The second-order valence-electron chi connectivity index (χ2n) is 5.58. The Hall–Kier alpha value is -3.13. The summed E-state index contributed by atoms with van der Waals surface area (Å²) >= 11 is 3.24. The van der Waals surface area contributed by atoms with Crippen molar-refractivity contribution in [2.45, 2.75) is 0 Å². The Labute approximate surface area is 155 Å². The van der Waals surface area contributed by atoms with Crippen LogP contribution in [0.5, 0.6) is 11.5 Å². The molecule has 8 heteroatoms. The molecule has 0 saturated heterocycles. The van der Waals surface area contributed by atoms with Crippen LogP contribution in [0.4, 0.5) is 0 Å². The van der Waals surface area contributed by atoms with Crippen LogP contribution in [0.25, 0.3) is 21.9 Å². The zero-order chi connectivity index (χ0) is 18.3. The SMILES string of the molecule is COc1ccc2c(c1)[nH]c1c(=O)n(/N=C\c3cccc(Br)c3O)cnc12. The Morgan fingerprint density at radius 2 is 2.19 bits per heavy atom. The maximum Gasteiger partial charge on any atom is 0.298 e. The van der Waals surface area contributed by atoms with E-state index < -0.39 is 0 Å². The van der Waals surface area contributed by atoms with Gasteiger partial charge in [-0.05, 0) is 40.2 Å². The molecule has 2 heterocycles. The number of phenols is 1. The summed E-state index contributed by atoms with van der Waals surface area (Å²) < 4.78 is 6.87. The number of hydrogen-bond acceptors (Lipinski definition) is 5. The summed E-state index contributed by atoms with van der Waals surface area (Å²) in [5.41, 5.74) is 1.83. The van der Waals surface area contributed by atoms with E-state index in [2.05, 4.69) is 31.0 Å². The lowest BCUT2D eigenvalue weighted by molar-refractivity contribution is 0.415. The Kier molecular flexibility index (Phi) is 3.96. The molecule has 2 N–H and O–H groups in total. The highest BCUT2D eigenvalue weighted by Gasteiger charge is 2.11. The molecule has 4 aromatic rings. The Morgan fingerprint density at radius 1 is 1.35 bits per heavy atom. The molecule has 2 aromatic carbocycles. The minimum absolute atomic E-state index is 0.0519. The van der Waals surface area contributed by atoms with Crippen LogP contribution >= 0.6 is 15.9 Å². The first-order chi connectivity index (χ1) is 12.6. The third-order valence-electron chi connectivity index (χ3n) is 4.04. The lowest BCUT2D eigenvalue weighted by atomic mass is 10.2. The van der Waals surface area contributed by atoms with Gasteiger partial charge in [-0.15, -0.1) is 0 Å². The van der Waals surface area contributed by atoms with Crippen molar-refractivity contribution < 1.29 is 9.84 Å². The highest BCUT2D eigenvalue weighted by Crippen LogP contribution is 2.26. The summed E-state index contributed by atoms with van der Waals surface area (Å²) in [6, 6.07) is 10.6. The van der Waals surface area contributed by atoms with Crippen molar-refractivity contribution in [3.05, 3.63) is 63.1 Å². The van der Waals surface area contributed by atoms with E-state index >= 15 is 0 Å². The second kappa shape index (κ2) is 6.30. The van der Waals surface area contributed by atoms with Crippen LogP contribution in [-0.4, -0.2) is 33.1 Å². The number of nitrogens with one attached hydrogen (secondary N) is 1. The molecule has 130 valence electrons. The number of aromatic nitrogens is 3. The summed E-state index contributed by atoms with van der Waals surface area (Å²) in [5.74, 6) is 0.739. The predicted molar refractivity (Wildman–Crippen MR) is 103 cm³/mol. The number of nitrogens with zero attached hydrogens (tertiary/aromatic N) is 3. The minimum Gasteiger partial charge on any atom is -0.506 e. The van der Waals surface area contributed by atoms with Gasteiger partial charge in [0.1, 0.15) is 28.9 Å². The molecule has 0 radical (unpaired) electrons. The third kappa shape index (κ3) is 2.64. The van der Waals surface area contributed by atoms with Gasteiger partial charge in [-0.25, -0.2) is 4.98 Å². The first-order valence-corrected chi connectivity index (χ1v) is 8.46. The standard InChI is InChI=1S/C18H13BrN4O3/c1-26-11-5-6-12-14(7-11)22-16-15(12)20-9-23(18(16)25)21-8-10-3-2-4-13(19)17(10)24/h2-9,22,24H,1H3/b21-8-. The number of benzene rings is 2. The molecule has 0 saturated carbocycles. The number of ether oxygens (including phenoxy) is 1. The van der Waals surface area contributed by atoms with Crippen molar-refractivity contribution in [2.24, 2.45) is 5.10 Å². The summed E-state index contributed by atoms with van der Waals surface area (Å²) in [6.07, 6.45) is 2.76. The van der Waals surface area contributed by atoms with Gasteiger partial charge in [0.25, 0.3) is 5.56 Å². The van der Waals surface area contributed by atoms with Crippen LogP contribution in [0.3, 0.4) is 0 Å². The number of rotatable bonds is 3. The van der Waals surface area contributed by atoms with E-state index in [4.69, 9.17) is 4.74 Å². The number of methoxy groups -OCH3 is 1. The maximum absolute atomic E-state index is 12.7. The van der Waals surface area contributed by atoms with Crippen LogP contribution in [0.15, 0.2) is 57.1 Å². The fraction of sp³-hybridized carbons (Fsp3) is 0.0556. The largest absolute Gasteiger partial charge is 0.506 e. The summed E-state index contributed by atoms with van der Waals surface area (Å²) in [5, 5.41) is 15.0. The molecule has 0 unspecified atom stereocenters. The molecule has 0 aliphatic carbocycles. The first-order valence-electron chi connectivity index (χ1n) is 7.67. The average Bonchev–Trinajstić information content (AvgIpc) is 3.03. The number of aromatic amines is 1. The Bertz CT molecular complexity index is 1230. The lowest BCUT2D eigenvalue weighted by Crippen LogP contribution is -2.17. The normalized spacial score (nSPS) is 11.6. The van der Waals surface area contributed by atoms with E-state index in [1.165, 1.54) is 12.5 Å². The number of para-hydroxylation sites is 1. The quantitative estimate of drug-likeness (QED) is 0.505. The third-order valence-corrected chi connectivity index (χ3v) is 4.68. The van der Waals surface area contributed by atoms with Crippen molar-refractivity contribution in [3.8, 4) is 11.5 Å². The predicted octanol–water partition coefficient (Wildman–Crippen LogP) is 3.24. The highest BCUT2D eigenvalue weighted by molar-refractivity contribution is 9.10. The van der Waals surface area contributed by atoms with Gasteiger partial charge >= 0.3 is 0 Å². The molecule has 0 aliphatic rings. The fourth-order valence-corrected chi connectivity index (χ4v) is 3.08. The Morgan fingerprint density at radius 3 is 3.00 bits per heavy atom. The molecule has 0 fully saturated rings. The topological polar surface area (TPSA) is 92.5 Å². The van der Waals surface area contributed by atoms with Gasteiger partial charge in [0.15, 0.2) is 0 Å². The van der Waals surface area contributed by atoms with Crippen LogP contribution in [0.2, 0.25) is 0 Å². The zero-order valence-electron chi connectivity index (χ0n) is 13.6. The van der Waals surface area contributed by atoms with E-state index in [1.807, 2.05) is 18.2 Å². The molecule has 0 bridgehead atoms. The second-order valence-corrected chi connectivity index (χ2v) is 6.43. The zero-order valence-corrected chi connectivity index (χ0v) is 15.2. The first kappa shape index (κ1) is 16.3. The Balaban J connectivity index is 1.83. The molecule has 0 spiro atoms. The van der Waals surface area contributed by atoms with E-state index in [-0.39, 0.29) is 11.3 Å². The number of fused-ring (bicyclic) bond motifs is 3. The van der Waals surface area contributed by atoms with Gasteiger partial charge in [-0.1, -0.05) is 6.07 Å². The molecule has 2 aromatic heterocycles. The summed E-state index contributed by atoms with van der Waals surface area (Å²) in [7, 11) is 1.58. The van der Waals surface area contributed by atoms with Crippen LogP contribution in [0, 0.1) is 0 Å². The van der Waals surface area contributed by atoms with Gasteiger partial charge < -0.3 is 14.8 Å². The van der Waals surface area contributed by atoms with Gasteiger partial charge in [-0.3, -0.25) is 4.79 Å². The van der Waals surface area contributed by atoms with Crippen molar-refractivity contribution in [1.29, 1.82) is 0 Å². The molecule has 0 atom stereocenters. The van der Waals surface area contributed by atoms with Gasteiger partial charge in [0.05, 0.1) is 23.3 Å². The number of H-pyrrole nitrogens is 1. The number of phenolic OH excluding ortho intramolecular Hbond substituents is 1. The monoisotopic (exact) mass is 412 g/mol. The molecular formula is C18H13BrN4O3. The number of hydrogen-bond donors (Lipinski definition) is 2. The van der Waals surface area contributed by atoms with Crippen molar-refractivity contribution in [1.82, 2.24) is 14.6 Å². The number of aromatic hydroxyl groups is 1. The van der Waals surface area contributed by atoms with Crippen molar-refractivity contribution in [3.63, 3.8) is 0 Å². The van der Waals surface area contributed by atoms with E-state index in [0.717, 1.165) is 15.6 Å². The summed E-state index contributed by atoms with van der Waals surface area (Å²) in [4.78, 5) is 20.1. The minimum atomic E-state index is -0.337. The highest BCUT2D eigenvalue weighted by atomic mass is 79.9. The molecule has 0 amide bonds. The van der Waals surface area contributed by atoms with Crippen LogP contribution in [0.1, 0.15) is 5.56 Å². The van der Waals surface area contributed by atoms with Crippen molar-refractivity contribution >= 4 is 44.1 Å². The number of halogens is 1. The van der Waals surface area contributed by atoms with E-state index in [9.17, 15) is 9.90 Å². The molecular weight excluding hydrogens is 400 g/mol. The molecule has 26 heavy (non-hydrogen) atoms. The van der Waals surface area contributed by atoms with Gasteiger partial charge in [0, 0.05) is 17.0 Å². The smallest absolute Gasteiger partial charge is 0.298 e. The maximum atomic E-state index is 12.7. The van der Waals surface area contributed by atoms with Gasteiger partial charge in [-0.2, -0.15) is 9.78 Å². The molecule has 7 nitrogen and oxygen atoms in total. The van der Waals surface area contributed by atoms with E-state index in [1.54, 1.807) is 25.3 Å². The molecule has 0 aliphatic heterocycles. The fourth-order valence-electron chi connectivity index (χ4n) is 2.70. The van der Waals surface area contributed by atoms with Gasteiger partial charge in [0.2, 0.25) is 0 Å². The average molecular weight is 413 g/mol. The summed E-state index contributed by atoms with van der Waals surface area (Å²) in [6.45, 7) is 0. The van der Waals surface area contributed by atoms with Crippen LogP contribution in [-0.2, 0) is 0 Å². The molecule has 4 rings (SSSR count). The lowest BCUT2D eigenvalue weighted by Gasteiger charge is -2.01. The van der Waals surface area contributed by atoms with Crippen molar-refractivity contribution in [2.75, 3.05) is 7.11 Å². The van der Waals surface area contributed by atoms with Crippen LogP contribution < -0.4 is 10.3 Å².